The van der Waals surface area contributed by atoms with E-state index in [0.29, 0.717) is 6.54 Å². The van der Waals surface area contributed by atoms with Gasteiger partial charge in [-0.05, 0) is 24.5 Å². The summed E-state index contributed by atoms with van der Waals surface area (Å²) in [5.74, 6) is -0.819. The van der Waals surface area contributed by atoms with Crippen molar-refractivity contribution in [2.45, 2.75) is 19.4 Å². The molecule has 0 spiro atoms. The largest absolute Gasteiger partial charge is 0.479 e. The Labute approximate surface area is 115 Å². The predicted molar refractivity (Wildman–Crippen MR) is 74.7 cm³/mol. The molecule has 0 aliphatic carbocycles. The van der Waals surface area contributed by atoms with Gasteiger partial charge in [0.15, 0.2) is 11.2 Å². The third kappa shape index (κ3) is 2.10. The SMILES string of the molecule is Cc1csc(N2CCc3ccccc3C2C(=O)O)n1. The van der Waals surface area contributed by atoms with E-state index in [1.165, 1.54) is 11.3 Å². The van der Waals surface area contributed by atoms with Crippen molar-refractivity contribution in [1.82, 2.24) is 4.98 Å². The summed E-state index contributed by atoms with van der Waals surface area (Å²) in [5.41, 5.74) is 2.94. The Morgan fingerprint density at radius 3 is 2.95 bits per heavy atom. The summed E-state index contributed by atoms with van der Waals surface area (Å²) in [7, 11) is 0. The smallest absolute Gasteiger partial charge is 0.331 e. The fourth-order valence-corrected chi connectivity index (χ4v) is 3.37. The quantitative estimate of drug-likeness (QED) is 0.914. The lowest BCUT2D eigenvalue weighted by Crippen LogP contribution is -2.39. The minimum atomic E-state index is -0.819. The maximum absolute atomic E-state index is 11.6. The molecular formula is C14H14N2O2S. The Kier molecular flexibility index (Phi) is 2.98. The van der Waals surface area contributed by atoms with Crippen molar-refractivity contribution in [3.05, 3.63) is 46.5 Å². The molecule has 0 fully saturated rings. The average Bonchev–Trinajstić information content (AvgIpc) is 2.83. The van der Waals surface area contributed by atoms with Gasteiger partial charge in [0.25, 0.3) is 0 Å². The molecular weight excluding hydrogens is 260 g/mol. The standard InChI is InChI=1S/C14H14N2O2S/c1-9-8-19-14(15-9)16-7-6-10-4-2-3-5-11(10)12(16)13(17)18/h2-5,8,12H,6-7H2,1H3,(H,17,18). The summed E-state index contributed by atoms with van der Waals surface area (Å²) in [5, 5.41) is 12.3. The van der Waals surface area contributed by atoms with Gasteiger partial charge in [-0.15, -0.1) is 11.3 Å². The third-order valence-electron chi connectivity index (χ3n) is 3.37. The number of aromatic nitrogens is 1. The number of carboxylic acids is 1. The molecule has 0 bridgehead atoms. The molecule has 4 nitrogen and oxygen atoms in total. The fraction of sp³-hybridized carbons (Fsp3) is 0.286. The molecule has 0 radical (unpaired) electrons. The number of benzene rings is 1. The minimum Gasteiger partial charge on any atom is -0.479 e. The van der Waals surface area contributed by atoms with E-state index < -0.39 is 12.0 Å². The van der Waals surface area contributed by atoms with Crippen LogP contribution in [0.4, 0.5) is 5.13 Å². The lowest BCUT2D eigenvalue weighted by molar-refractivity contribution is -0.138. The Bertz CT molecular complexity index is 623. The van der Waals surface area contributed by atoms with Crippen LogP contribution in [0.15, 0.2) is 29.6 Å². The number of anilines is 1. The summed E-state index contributed by atoms with van der Waals surface area (Å²) in [6, 6.07) is 7.14. The van der Waals surface area contributed by atoms with E-state index in [4.69, 9.17) is 0 Å². The van der Waals surface area contributed by atoms with Crippen LogP contribution in [0.3, 0.4) is 0 Å². The lowest BCUT2D eigenvalue weighted by atomic mass is 9.93. The molecule has 19 heavy (non-hydrogen) atoms. The number of fused-ring (bicyclic) bond motifs is 1. The normalized spacial score (nSPS) is 18.2. The van der Waals surface area contributed by atoms with Crippen molar-refractivity contribution >= 4 is 22.4 Å². The van der Waals surface area contributed by atoms with Crippen LogP contribution in [0.1, 0.15) is 22.9 Å². The number of carbonyl (C=O) groups is 1. The van der Waals surface area contributed by atoms with Gasteiger partial charge in [-0.1, -0.05) is 24.3 Å². The van der Waals surface area contributed by atoms with Gasteiger partial charge in [0, 0.05) is 11.9 Å². The molecule has 1 aliphatic heterocycles. The van der Waals surface area contributed by atoms with Gasteiger partial charge in [0.1, 0.15) is 0 Å². The highest BCUT2D eigenvalue weighted by Crippen LogP contribution is 2.35. The molecule has 0 saturated heterocycles. The van der Waals surface area contributed by atoms with E-state index in [9.17, 15) is 9.90 Å². The van der Waals surface area contributed by atoms with E-state index in [1.54, 1.807) is 0 Å². The first-order valence-corrected chi connectivity index (χ1v) is 7.04. The van der Waals surface area contributed by atoms with Crippen LogP contribution in [0.5, 0.6) is 0 Å². The summed E-state index contributed by atoms with van der Waals surface area (Å²) in [4.78, 5) is 18.0. The topological polar surface area (TPSA) is 53.4 Å². The van der Waals surface area contributed by atoms with E-state index in [1.807, 2.05) is 41.5 Å². The molecule has 1 unspecified atom stereocenters. The van der Waals surface area contributed by atoms with Crippen LogP contribution < -0.4 is 4.90 Å². The van der Waals surface area contributed by atoms with Crippen molar-refractivity contribution in [2.24, 2.45) is 0 Å². The maximum atomic E-state index is 11.6. The monoisotopic (exact) mass is 274 g/mol. The van der Waals surface area contributed by atoms with Gasteiger partial charge < -0.3 is 10.0 Å². The van der Waals surface area contributed by atoms with Gasteiger partial charge in [-0.3, -0.25) is 0 Å². The van der Waals surface area contributed by atoms with Crippen molar-refractivity contribution in [1.29, 1.82) is 0 Å². The molecule has 2 aromatic rings. The van der Waals surface area contributed by atoms with Crippen molar-refractivity contribution in [3.8, 4) is 0 Å². The number of hydrogen-bond acceptors (Lipinski definition) is 4. The number of hydrogen-bond donors (Lipinski definition) is 1. The second-order valence-corrected chi connectivity index (χ2v) is 5.49. The highest BCUT2D eigenvalue weighted by Gasteiger charge is 2.34. The number of nitrogens with zero attached hydrogens (tertiary/aromatic N) is 2. The van der Waals surface area contributed by atoms with Crippen molar-refractivity contribution in [2.75, 3.05) is 11.4 Å². The summed E-state index contributed by atoms with van der Waals surface area (Å²) in [6.07, 6.45) is 0.860. The van der Waals surface area contributed by atoms with Crippen LogP contribution >= 0.6 is 11.3 Å². The van der Waals surface area contributed by atoms with E-state index in [0.717, 1.165) is 28.4 Å². The van der Waals surface area contributed by atoms with Crippen LogP contribution in [0, 0.1) is 6.92 Å². The zero-order valence-corrected chi connectivity index (χ0v) is 11.4. The highest BCUT2D eigenvalue weighted by atomic mass is 32.1. The van der Waals surface area contributed by atoms with E-state index >= 15 is 0 Å². The molecule has 98 valence electrons. The second-order valence-electron chi connectivity index (χ2n) is 4.65. The average molecular weight is 274 g/mol. The van der Waals surface area contributed by atoms with Crippen LogP contribution in [0.25, 0.3) is 0 Å². The van der Waals surface area contributed by atoms with Crippen LogP contribution in [0.2, 0.25) is 0 Å². The fourth-order valence-electron chi connectivity index (χ4n) is 2.51. The Balaban J connectivity index is 2.06. The highest BCUT2D eigenvalue weighted by molar-refractivity contribution is 7.13. The summed E-state index contributed by atoms with van der Waals surface area (Å²) in [6.45, 7) is 2.62. The first-order valence-electron chi connectivity index (χ1n) is 6.16. The minimum absolute atomic E-state index is 0.629. The van der Waals surface area contributed by atoms with Crippen LogP contribution in [-0.4, -0.2) is 22.6 Å². The predicted octanol–water partition coefficient (Wildman–Crippen LogP) is 2.64. The number of aliphatic carboxylic acids is 1. The molecule has 0 amide bonds. The molecule has 2 heterocycles. The van der Waals surface area contributed by atoms with Gasteiger partial charge in [0.2, 0.25) is 0 Å². The maximum Gasteiger partial charge on any atom is 0.331 e. The van der Waals surface area contributed by atoms with Gasteiger partial charge in [-0.2, -0.15) is 0 Å². The Hall–Kier alpha value is -1.88. The summed E-state index contributed by atoms with van der Waals surface area (Å²) < 4.78 is 0. The van der Waals surface area contributed by atoms with E-state index in [-0.39, 0.29) is 0 Å². The molecule has 1 aromatic carbocycles. The zero-order chi connectivity index (χ0) is 13.4. The zero-order valence-electron chi connectivity index (χ0n) is 10.5. The van der Waals surface area contributed by atoms with Gasteiger partial charge in [0.05, 0.1) is 5.69 Å². The molecule has 0 saturated carbocycles. The molecule has 1 atom stereocenters. The molecule has 3 rings (SSSR count). The number of carboxylic acid groups (broad SMARTS) is 1. The second kappa shape index (κ2) is 4.66. The molecule has 1 N–H and O–H groups in total. The first-order chi connectivity index (χ1) is 9.16. The lowest BCUT2D eigenvalue weighted by Gasteiger charge is -2.34. The van der Waals surface area contributed by atoms with E-state index in [2.05, 4.69) is 4.98 Å². The Morgan fingerprint density at radius 2 is 2.26 bits per heavy atom. The number of aryl methyl sites for hydroxylation is 1. The first kappa shape index (κ1) is 12.2. The Morgan fingerprint density at radius 1 is 1.47 bits per heavy atom. The van der Waals surface area contributed by atoms with Crippen molar-refractivity contribution in [3.63, 3.8) is 0 Å². The molecule has 1 aromatic heterocycles. The number of rotatable bonds is 2. The van der Waals surface area contributed by atoms with Crippen molar-refractivity contribution < 1.29 is 9.90 Å². The van der Waals surface area contributed by atoms with Gasteiger partial charge in [-0.25, -0.2) is 9.78 Å². The van der Waals surface area contributed by atoms with Gasteiger partial charge >= 0.3 is 5.97 Å². The number of thiazole rings is 1. The van der Waals surface area contributed by atoms with Crippen LogP contribution in [-0.2, 0) is 11.2 Å². The molecule has 5 heteroatoms. The third-order valence-corrected chi connectivity index (χ3v) is 4.37. The molecule has 1 aliphatic rings. The summed E-state index contributed by atoms with van der Waals surface area (Å²) >= 11 is 1.50.